The van der Waals surface area contributed by atoms with E-state index in [2.05, 4.69) is 24.8 Å². The van der Waals surface area contributed by atoms with Gasteiger partial charge in [0.05, 0.1) is 6.07 Å². The molecule has 1 fully saturated rings. The molecule has 0 aliphatic carbocycles. The third-order valence-corrected chi connectivity index (χ3v) is 2.93. The minimum atomic E-state index is -0.289. The van der Waals surface area contributed by atoms with Gasteiger partial charge in [-0.3, -0.25) is 4.90 Å². The van der Waals surface area contributed by atoms with Gasteiger partial charge in [0.25, 0.3) is 0 Å². The van der Waals surface area contributed by atoms with Crippen LogP contribution in [0.15, 0.2) is 0 Å². The van der Waals surface area contributed by atoms with Gasteiger partial charge in [-0.05, 0) is 32.1 Å². The van der Waals surface area contributed by atoms with Crippen molar-refractivity contribution in [2.75, 3.05) is 13.1 Å². The van der Waals surface area contributed by atoms with Crippen molar-refractivity contribution in [1.29, 1.82) is 5.26 Å². The van der Waals surface area contributed by atoms with Crippen molar-refractivity contribution in [1.82, 2.24) is 4.90 Å². The molecule has 0 saturated carbocycles. The Hall–Kier alpha value is -0.550. The highest BCUT2D eigenvalue weighted by atomic mass is 15.2. The van der Waals surface area contributed by atoms with Crippen LogP contribution in [0.25, 0.3) is 0 Å². The summed E-state index contributed by atoms with van der Waals surface area (Å²) in [5, 5.41) is 9.03. The fraction of sp³-hybridized carbons (Fsp3) is 0.909. The van der Waals surface area contributed by atoms with Gasteiger partial charge in [0, 0.05) is 13.1 Å². The van der Waals surface area contributed by atoms with E-state index in [4.69, 9.17) is 5.26 Å². The standard InChI is InChI=1S/C11H20N2/c1-9-5-10(2)7-13(6-9)11(3,4)8-12/h9-10H,5-7H2,1-4H3. The van der Waals surface area contributed by atoms with Crippen LogP contribution < -0.4 is 0 Å². The van der Waals surface area contributed by atoms with Crippen molar-refractivity contribution in [2.24, 2.45) is 11.8 Å². The Balaban J connectivity index is 2.66. The molecule has 0 amide bonds. The molecule has 2 nitrogen and oxygen atoms in total. The lowest BCUT2D eigenvalue weighted by Crippen LogP contribution is -2.50. The van der Waals surface area contributed by atoms with Gasteiger partial charge in [-0.25, -0.2) is 0 Å². The Bertz CT molecular complexity index is 205. The quantitative estimate of drug-likeness (QED) is 0.619. The molecule has 2 heteroatoms. The normalized spacial score (nSPS) is 31.3. The molecule has 0 aromatic rings. The Labute approximate surface area is 81.5 Å². The summed E-state index contributed by atoms with van der Waals surface area (Å²) >= 11 is 0. The fourth-order valence-electron chi connectivity index (χ4n) is 2.19. The molecule has 0 spiro atoms. The van der Waals surface area contributed by atoms with E-state index in [1.165, 1.54) is 6.42 Å². The lowest BCUT2D eigenvalue weighted by Gasteiger charge is -2.41. The van der Waals surface area contributed by atoms with E-state index in [1.54, 1.807) is 0 Å². The molecule has 1 aliphatic rings. The predicted octanol–water partition coefficient (Wildman–Crippen LogP) is 2.27. The smallest absolute Gasteiger partial charge is 0.103 e. The third kappa shape index (κ3) is 2.45. The lowest BCUT2D eigenvalue weighted by molar-refractivity contribution is 0.0769. The molecule has 0 N–H and O–H groups in total. The van der Waals surface area contributed by atoms with Crippen LogP contribution in [0.4, 0.5) is 0 Å². The molecule has 13 heavy (non-hydrogen) atoms. The van der Waals surface area contributed by atoms with Crippen LogP contribution in [0.1, 0.15) is 34.1 Å². The van der Waals surface area contributed by atoms with E-state index in [0.29, 0.717) is 0 Å². The first-order valence-electron chi connectivity index (χ1n) is 5.12. The third-order valence-electron chi connectivity index (χ3n) is 2.93. The molecule has 1 aliphatic heterocycles. The highest BCUT2D eigenvalue weighted by Crippen LogP contribution is 2.26. The van der Waals surface area contributed by atoms with Gasteiger partial charge in [0.1, 0.15) is 5.54 Å². The van der Waals surface area contributed by atoms with Gasteiger partial charge in [0.2, 0.25) is 0 Å². The molecule has 0 bridgehead atoms. The molecule has 1 rings (SSSR count). The monoisotopic (exact) mass is 180 g/mol. The molecule has 0 radical (unpaired) electrons. The molecular weight excluding hydrogens is 160 g/mol. The summed E-state index contributed by atoms with van der Waals surface area (Å²) in [5.41, 5.74) is -0.289. The van der Waals surface area contributed by atoms with E-state index in [9.17, 15) is 0 Å². The minimum Gasteiger partial charge on any atom is -0.285 e. The van der Waals surface area contributed by atoms with Gasteiger partial charge < -0.3 is 0 Å². The number of nitrogens with zero attached hydrogens (tertiary/aromatic N) is 2. The summed E-state index contributed by atoms with van der Waals surface area (Å²) in [6, 6.07) is 2.38. The second-order valence-electron chi connectivity index (χ2n) is 5.02. The largest absolute Gasteiger partial charge is 0.285 e. The topological polar surface area (TPSA) is 27.0 Å². The van der Waals surface area contributed by atoms with Gasteiger partial charge in [-0.1, -0.05) is 13.8 Å². The van der Waals surface area contributed by atoms with E-state index in [1.807, 2.05) is 13.8 Å². The van der Waals surface area contributed by atoms with Crippen LogP contribution in [-0.2, 0) is 0 Å². The van der Waals surface area contributed by atoms with Gasteiger partial charge in [-0.2, -0.15) is 5.26 Å². The van der Waals surface area contributed by atoms with Crippen molar-refractivity contribution in [2.45, 2.75) is 39.7 Å². The van der Waals surface area contributed by atoms with Crippen LogP contribution in [0.5, 0.6) is 0 Å². The number of nitriles is 1. The first-order chi connectivity index (χ1) is 5.95. The molecule has 1 saturated heterocycles. The number of hydrogen-bond acceptors (Lipinski definition) is 2. The first kappa shape index (κ1) is 10.5. The molecule has 74 valence electrons. The van der Waals surface area contributed by atoms with E-state index in [-0.39, 0.29) is 5.54 Å². The van der Waals surface area contributed by atoms with Crippen LogP contribution >= 0.6 is 0 Å². The summed E-state index contributed by atoms with van der Waals surface area (Å²) in [7, 11) is 0. The maximum atomic E-state index is 9.03. The maximum absolute atomic E-state index is 9.03. The predicted molar refractivity (Wildman–Crippen MR) is 54.2 cm³/mol. The van der Waals surface area contributed by atoms with Crippen molar-refractivity contribution in [3.05, 3.63) is 0 Å². The summed E-state index contributed by atoms with van der Waals surface area (Å²) < 4.78 is 0. The van der Waals surface area contributed by atoms with Crippen LogP contribution in [0, 0.1) is 23.2 Å². The number of piperidine rings is 1. The highest BCUT2D eigenvalue weighted by Gasteiger charge is 2.32. The van der Waals surface area contributed by atoms with E-state index < -0.39 is 0 Å². The van der Waals surface area contributed by atoms with Crippen molar-refractivity contribution >= 4 is 0 Å². The zero-order valence-electron chi connectivity index (χ0n) is 9.17. The average Bonchev–Trinajstić information content (AvgIpc) is 2.02. The van der Waals surface area contributed by atoms with Crippen LogP contribution in [-0.4, -0.2) is 23.5 Å². The van der Waals surface area contributed by atoms with Crippen molar-refractivity contribution < 1.29 is 0 Å². The van der Waals surface area contributed by atoms with Crippen molar-refractivity contribution in [3.63, 3.8) is 0 Å². The molecule has 2 atom stereocenters. The molecule has 0 aromatic heterocycles. The second kappa shape index (κ2) is 3.67. The number of likely N-dealkylation sites (tertiary alicyclic amines) is 1. The molecular formula is C11H20N2. The average molecular weight is 180 g/mol. The summed E-state index contributed by atoms with van der Waals surface area (Å²) in [4.78, 5) is 2.31. The fourth-order valence-corrected chi connectivity index (χ4v) is 2.19. The Morgan fingerprint density at radius 1 is 1.23 bits per heavy atom. The summed E-state index contributed by atoms with van der Waals surface area (Å²) in [6.07, 6.45) is 1.30. The molecule has 1 heterocycles. The zero-order chi connectivity index (χ0) is 10.1. The van der Waals surface area contributed by atoms with Gasteiger partial charge >= 0.3 is 0 Å². The Morgan fingerprint density at radius 2 is 1.69 bits per heavy atom. The van der Waals surface area contributed by atoms with Crippen molar-refractivity contribution in [3.8, 4) is 6.07 Å². The summed E-state index contributed by atoms with van der Waals surface area (Å²) in [5.74, 6) is 1.47. The second-order valence-corrected chi connectivity index (χ2v) is 5.02. The van der Waals surface area contributed by atoms with E-state index in [0.717, 1.165) is 24.9 Å². The van der Waals surface area contributed by atoms with Crippen LogP contribution in [0.3, 0.4) is 0 Å². The summed E-state index contributed by atoms with van der Waals surface area (Å²) in [6.45, 7) is 10.7. The molecule has 0 aromatic carbocycles. The van der Waals surface area contributed by atoms with Crippen LogP contribution in [0.2, 0.25) is 0 Å². The zero-order valence-corrected chi connectivity index (χ0v) is 9.17. The maximum Gasteiger partial charge on any atom is 0.103 e. The van der Waals surface area contributed by atoms with E-state index >= 15 is 0 Å². The highest BCUT2D eigenvalue weighted by molar-refractivity contribution is 5.03. The SMILES string of the molecule is CC1CC(C)CN(C(C)(C)C#N)C1. The minimum absolute atomic E-state index is 0.289. The van der Waals surface area contributed by atoms with Gasteiger partial charge in [0.15, 0.2) is 0 Å². The number of hydrogen-bond donors (Lipinski definition) is 0. The lowest BCUT2D eigenvalue weighted by atomic mass is 9.88. The van der Waals surface area contributed by atoms with Gasteiger partial charge in [-0.15, -0.1) is 0 Å². The Morgan fingerprint density at radius 3 is 2.08 bits per heavy atom. The Kier molecular flexibility index (Phi) is 2.98. The number of rotatable bonds is 1. The first-order valence-corrected chi connectivity index (χ1v) is 5.12. The molecule has 2 unspecified atom stereocenters.